The Hall–Kier alpha value is -4.61. The number of amides is 3. The van der Waals surface area contributed by atoms with Crippen LogP contribution in [0, 0.1) is 0 Å². The molecule has 0 spiro atoms. The van der Waals surface area contributed by atoms with Crippen LogP contribution in [0.3, 0.4) is 0 Å². The quantitative estimate of drug-likeness (QED) is 0.277. The zero-order valence-corrected chi connectivity index (χ0v) is 18.2. The molecule has 0 saturated heterocycles. The minimum absolute atomic E-state index is 0.00332. The summed E-state index contributed by atoms with van der Waals surface area (Å²) in [5, 5.41) is 7.48. The molecule has 0 bridgehead atoms. The second-order valence-electron chi connectivity index (χ2n) is 7.31. The Balaban J connectivity index is 1.37. The monoisotopic (exact) mass is 484 g/mol. The molecule has 35 heavy (non-hydrogen) atoms. The number of aromatic nitrogens is 3. The van der Waals surface area contributed by atoms with Crippen molar-refractivity contribution < 1.29 is 27.5 Å². The second-order valence-corrected chi connectivity index (χ2v) is 7.31. The topological polar surface area (TPSA) is 121 Å². The SMILES string of the molecule is CCC(=O)Nc1nc2cc(Oc3ccc(NC(=O)Nc4cccc(C(F)(F)F)c4)cn3)ccc2[nH]1. The van der Waals surface area contributed by atoms with Crippen LogP contribution < -0.4 is 20.7 Å². The van der Waals surface area contributed by atoms with Gasteiger partial charge in [-0.2, -0.15) is 13.2 Å². The van der Waals surface area contributed by atoms with Gasteiger partial charge in [-0.15, -0.1) is 0 Å². The van der Waals surface area contributed by atoms with Gasteiger partial charge in [0.2, 0.25) is 17.7 Å². The molecule has 2 heterocycles. The molecule has 0 fully saturated rings. The number of halogens is 3. The molecule has 0 radical (unpaired) electrons. The number of nitrogens with one attached hydrogen (secondary N) is 4. The number of carbonyl (C=O) groups excluding carboxylic acids is 2. The van der Waals surface area contributed by atoms with E-state index in [9.17, 15) is 22.8 Å². The summed E-state index contributed by atoms with van der Waals surface area (Å²) in [5.74, 6) is 0.860. The van der Waals surface area contributed by atoms with Crippen molar-refractivity contribution >= 4 is 40.3 Å². The lowest BCUT2D eigenvalue weighted by molar-refractivity contribution is -0.137. The molecule has 4 rings (SSSR count). The Bertz CT molecular complexity index is 1370. The number of pyridine rings is 1. The van der Waals surface area contributed by atoms with Gasteiger partial charge in [0.1, 0.15) is 5.75 Å². The van der Waals surface area contributed by atoms with Crippen molar-refractivity contribution in [1.82, 2.24) is 15.0 Å². The van der Waals surface area contributed by atoms with Gasteiger partial charge in [0, 0.05) is 24.2 Å². The molecule has 0 saturated carbocycles. The van der Waals surface area contributed by atoms with Crippen LogP contribution in [0.25, 0.3) is 11.0 Å². The summed E-state index contributed by atoms with van der Waals surface area (Å²) in [5.41, 5.74) is 0.729. The van der Waals surface area contributed by atoms with Gasteiger partial charge in [-0.1, -0.05) is 13.0 Å². The Morgan fingerprint density at radius 2 is 1.80 bits per heavy atom. The Morgan fingerprint density at radius 3 is 2.51 bits per heavy atom. The van der Waals surface area contributed by atoms with Gasteiger partial charge in [-0.25, -0.2) is 14.8 Å². The summed E-state index contributed by atoms with van der Waals surface area (Å²) < 4.78 is 44.2. The van der Waals surface area contributed by atoms with Gasteiger partial charge >= 0.3 is 12.2 Å². The molecule has 0 aliphatic heterocycles. The fourth-order valence-corrected chi connectivity index (χ4v) is 3.03. The van der Waals surface area contributed by atoms with Crippen LogP contribution in [0.5, 0.6) is 11.6 Å². The lowest BCUT2D eigenvalue weighted by atomic mass is 10.2. The van der Waals surface area contributed by atoms with Crippen LogP contribution in [-0.2, 0) is 11.0 Å². The number of imidazole rings is 1. The highest BCUT2D eigenvalue weighted by molar-refractivity contribution is 5.99. The van der Waals surface area contributed by atoms with Crippen molar-refractivity contribution in [3.8, 4) is 11.6 Å². The van der Waals surface area contributed by atoms with Crippen molar-refractivity contribution in [3.63, 3.8) is 0 Å². The number of urea groups is 1. The molecule has 3 amide bonds. The lowest BCUT2D eigenvalue weighted by Gasteiger charge is -2.11. The number of anilines is 3. The summed E-state index contributed by atoms with van der Waals surface area (Å²) in [6, 6.07) is 11.7. The number of hydrogen-bond donors (Lipinski definition) is 4. The first-order valence-electron chi connectivity index (χ1n) is 10.4. The zero-order valence-electron chi connectivity index (χ0n) is 18.2. The molecule has 9 nitrogen and oxygen atoms in total. The Morgan fingerprint density at radius 1 is 1.00 bits per heavy atom. The van der Waals surface area contributed by atoms with Crippen molar-refractivity contribution in [2.45, 2.75) is 19.5 Å². The maximum Gasteiger partial charge on any atom is 0.416 e. The van der Waals surface area contributed by atoms with Crippen molar-refractivity contribution in [1.29, 1.82) is 0 Å². The van der Waals surface area contributed by atoms with E-state index >= 15 is 0 Å². The van der Waals surface area contributed by atoms with E-state index in [4.69, 9.17) is 4.74 Å². The van der Waals surface area contributed by atoms with Gasteiger partial charge in [0.25, 0.3) is 0 Å². The van der Waals surface area contributed by atoms with Gasteiger partial charge in [-0.05, 0) is 36.4 Å². The van der Waals surface area contributed by atoms with E-state index in [1.54, 1.807) is 25.1 Å². The maximum absolute atomic E-state index is 12.8. The number of benzene rings is 2. The van der Waals surface area contributed by atoms with E-state index < -0.39 is 17.8 Å². The fraction of sp³-hybridized carbons (Fsp3) is 0.130. The molecule has 0 aliphatic carbocycles. The number of alkyl halides is 3. The van der Waals surface area contributed by atoms with Crippen LogP contribution >= 0.6 is 0 Å². The molecule has 180 valence electrons. The minimum atomic E-state index is -4.51. The predicted octanol–water partition coefficient (Wildman–Crippen LogP) is 5.76. The number of ether oxygens (including phenoxy) is 1. The number of H-pyrrole nitrogens is 1. The minimum Gasteiger partial charge on any atom is -0.439 e. The molecule has 0 unspecified atom stereocenters. The maximum atomic E-state index is 12.8. The summed E-state index contributed by atoms with van der Waals surface area (Å²) in [7, 11) is 0. The average Bonchev–Trinajstić information content (AvgIpc) is 3.21. The van der Waals surface area contributed by atoms with E-state index in [1.807, 2.05) is 0 Å². The van der Waals surface area contributed by atoms with Gasteiger partial charge < -0.3 is 20.4 Å². The van der Waals surface area contributed by atoms with Crippen molar-refractivity contribution in [2.75, 3.05) is 16.0 Å². The average molecular weight is 484 g/mol. The molecule has 4 aromatic rings. The summed E-state index contributed by atoms with van der Waals surface area (Å²) in [6.45, 7) is 1.74. The smallest absolute Gasteiger partial charge is 0.416 e. The van der Waals surface area contributed by atoms with Gasteiger partial charge in [0.05, 0.1) is 28.5 Å². The standard InChI is InChI=1S/C23H19F3N6O3/c1-2-19(33)32-21-30-17-8-7-16(11-18(17)31-21)35-20-9-6-15(12-27-20)29-22(34)28-14-5-3-4-13(10-14)23(24,25)26/h3-12H,2H2,1H3,(H2,28,29,34)(H2,30,31,32,33). The first kappa shape index (κ1) is 23.5. The molecule has 12 heteroatoms. The van der Waals surface area contributed by atoms with Gasteiger partial charge in [0.15, 0.2) is 0 Å². The highest BCUT2D eigenvalue weighted by atomic mass is 19.4. The third-order valence-electron chi connectivity index (χ3n) is 4.70. The second kappa shape index (κ2) is 9.71. The third-order valence-corrected chi connectivity index (χ3v) is 4.70. The van der Waals surface area contributed by atoms with Crippen LogP contribution in [0.4, 0.5) is 35.3 Å². The van der Waals surface area contributed by atoms with E-state index in [0.717, 1.165) is 12.1 Å². The first-order chi connectivity index (χ1) is 16.7. The van der Waals surface area contributed by atoms with Crippen LogP contribution in [0.2, 0.25) is 0 Å². The molecule has 2 aromatic heterocycles. The first-order valence-corrected chi connectivity index (χ1v) is 10.4. The summed E-state index contributed by atoms with van der Waals surface area (Å²) >= 11 is 0. The number of rotatable bonds is 6. The molecule has 0 atom stereocenters. The molecule has 4 N–H and O–H groups in total. The predicted molar refractivity (Wildman–Crippen MR) is 123 cm³/mol. The van der Waals surface area contributed by atoms with Crippen molar-refractivity contribution in [3.05, 3.63) is 66.4 Å². The Labute approximate surface area is 196 Å². The number of hydrogen-bond acceptors (Lipinski definition) is 5. The molecular formula is C23H19F3N6O3. The van der Waals surface area contributed by atoms with E-state index in [1.165, 1.54) is 30.5 Å². The van der Waals surface area contributed by atoms with E-state index in [0.29, 0.717) is 34.8 Å². The van der Waals surface area contributed by atoms with Crippen LogP contribution in [0.15, 0.2) is 60.8 Å². The third kappa shape index (κ3) is 6.05. The number of nitrogens with zero attached hydrogens (tertiary/aromatic N) is 2. The highest BCUT2D eigenvalue weighted by Gasteiger charge is 2.30. The highest BCUT2D eigenvalue weighted by Crippen LogP contribution is 2.30. The molecule has 2 aromatic carbocycles. The molecule has 0 aliphatic rings. The summed E-state index contributed by atoms with van der Waals surface area (Å²) in [6.07, 6.45) is -2.84. The van der Waals surface area contributed by atoms with Crippen LogP contribution in [0.1, 0.15) is 18.9 Å². The Kier molecular flexibility index (Phi) is 6.53. The number of fused-ring (bicyclic) bond motifs is 1. The number of carbonyl (C=O) groups is 2. The fourth-order valence-electron chi connectivity index (χ4n) is 3.03. The zero-order chi connectivity index (χ0) is 25.0. The summed E-state index contributed by atoms with van der Waals surface area (Å²) in [4.78, 5) is 35.1. The van der Waals surface area contributed by atoms with Crippen molar-refractivity contribution in [2.24, 2.45) is 0 Å². The van der Waals surface area contributed by atoms with E-state index in [-0.39, 0.29) is 17.5 Å². The normalized spacial score (nSPS) is 11.2. The van der Waals surface area contributed by atoms with Gasteiger partial charge in [-0.3, -0.25) is 10.1 Å². The number of aromatic amines is 1. The lowest BCUT2D eigenvalue weighted by Crippen LogP contribution is -2.19. The van der Waals surface area contributed by atoms with Crippen LogP contribution in [-0.4, -0.2) is 26.9 Å². The largest absolute Gasteiger partial charge is 0.439 e. The molecular weight excluding hydrogens is 465 g/mol. The van der Waals surface area contributed by atoms with E-state index in [2.05, 4.69) is 30.9 Å².